The van der Waals surface area contributed by atoms with Gasteiger partial charge in [-0.3, -0.25) is 9.59 Å². The first-order valence-corrected chi connectivity index (χ1v) is 13.0. The number of anilines is 2. The first-order chi connectivity index (χ1) is 19.8. The van der Waals surface area contributed by atoms with Crippen molar-refractivity contribution in [1.82, 2.24) is 15.3 Å². The molecule has 4 N–H and O–H groups in total. The number of hydrogen-bond donors (Lipinski definition) is 4. The third-order valence-electron chi connectivity index (χ3n) is 6.26. The lowest BCUT2D eigenvalue weighted by Gasteiger charge is -2.20. The van der Waals surface area contributed by atoms with E-state index >= 15 is 0 Å². The molecule has 0 saturated heterocycles. The van der Waals surface area contributed by atoms with Crippen molar-refractivity contribution >= 4 is 45.8 Å². The van der Waals surface area contributed by atoms with Crippen LogP contribution < -0.4 is 20.7 Å². The number of nitrogens with zero attached hydrogens (tertiary/aromatic N) is 2. The van der Waals surface area contributed by atoms with Gasteiger partial charge < -0.3 is 25.8 Å². The number of aromatic nitrogens is 2. The van der Waals surface area contributed by atoms with Gasteiger partial charge in [-0.15, -0.1) is 13.2 Å². The first kappa shape index (κ1) is 30.5. The van der Waals surface area contributed by atoms with Crippen LogP contribution in [0.4, 0.5) is 24.7 Å². The predicted octanol–water partition coefficient (Wildman–Crippen LogP) is 5.78. The van der Waals surface area contributed by atoms with E-state index < -0.39 is 23.4 Å². The number of aliphatic hydroxyl groups excluding tert-OH is 1. The number of alkyl halides is 3. The fourth-order valence-electron chi connectivity index (χ4n) is 3.91. The van der Waals surface area contributed by atoms with Crippen molar-refractivity contribution < 1.29 is 32.6 Å². The van der Waals surface area contributed by atoms with Crippen LogP contribution in [0, 0.1) is 5.41 Å². The van der Waals surface area contributed by atoms with Crippen molar-refractivity contribution in [3.63, 3.8) is 0 Å². The number of rotatable bonds is 9. The lowest BCUT2D eigenvalue weighted by Crippen LogP contribution is -2.38. The van der Waals surface area contributed by atoms with Crippen molar-refractivity contribution in [2.45, 2.75) is 26.8 Å². The summed E-state index contributed by atoms with van der Waals surface area (Å²) in [4.78, 5) is 34.4. The Bertz CT molecular complexity index is 1650. The fourth-order valence-corrected chi connectivity index (χ4v) is 4.11. The first-order valence-electron chi connectivity index (χ1n) is 12.6. The van der Waals surface area contributed by atoms with Gasteiger partial charge >= 0.3 is 6.36 Å². The van der Waals surface area contributed by atoms with Crippen LogP contribution in [-0.4, -0.2) is 46.9 Å². The molecule has 0 radical (unpaired) electrons. The van der Waals surface area contributed by atoms with Gasteiger partial charge in [0.25, 0.3) is 5.91 Å². The topological polar surface area (TPSA) is 125 Å². The average Bonchev–Trinajstić information content (AvgIpc) is 2.94. The van der Waals surface area contributed by atoms with E-state index in [1.165, 1.54) is 18.2 Å². The van der Waals surface area contributed by atoms with Gasteiger partial charge in [0.15, 0.2) is 5.82 Å². The van der Waals surface area contributed by atoms with Gasteiger partial charge in [0.05, 0.1) is 28.1 Å². The monoisotopic (exact) mass is 601 g/mol. The number of carbonyl (C=O) groups excluding carboxylic acids is 2. The summed E-state index contributed by atoms with van der Waals surface area (Å²) in [7, 11) is 1.65. The van der Waals surface area contributed by atoms with Crippen molar-refractivity contribution in [3.05, 3.63) is 76.8 Å². The Morgan fingerprint density at radius 2 is 1.79 bits per heavy atom. The van der Waals surface area contributed by atoms with Crippen LogP contribution in [0.15, 0.2) is 60.7 Å². The molecule has 0 bridgehead atoms. The zero-order valence-electron chi connectivity index (χ0n) is 22.8. The number of hydrogen-bond acceptors (Lipinski definition) is 7. The van der Waals surface area contributed by atoms with Gasteiger partial charge in [0, 0.05) is 30.2 Å². The Hall–Kier alpha value is -4.42. The van der Waals surface area contributed by atoms with Gasteiger partial charge in [0.1, 0.15) is 11.6 Å². The van der Waals surface area contributed by atoms with Crippen LogP contribution in [0.3, 0.4) is 0 Å². The number of carbonyl (C=O) groups is 2. The molecule has 220 valence electrons. The lowest BCUT2D eigenvalue weighted by molar-refractivity contribution is -0.274. The Morgan fingerprint density at radius 1 is 1.02 bits per heavy atom. The molecule has 4 rings (SSSR count). The Balaban J connectivity index is 1.59. The van der Waals surface area contributed by atoms with E-state index in [2.05, 4.69) is 30.7 Å². The smallest absolute Gasteiger partial charge is 0.406 e. The number of nitrogens with one attached hydrogen (secondary N) is 3. The molecule has 42 heavy (non-hydrogen) atoms. The Kier molecular flexibility index (Phi) is 8.88. The molecule has 1 heterocycles. The Morgan fingerprint density at radius 3 is 2.48 bits per heavy atom. The van der Waals surface area contributed by atoms with Gasteiger partial charge in [0.2, 0.25) is 5.91 Å². The highest BCUT2D eigenvalue weighted by molar-refractivity contribution is 6.34. The molecular formula is C29H27ClF3N5O4. The molecule has 0 fully saturated rings. The van der Waals surface area contributed by atoms with Crippen molar-refractivity contribution in [2.24, 2.45) is 5.41 Å². The molecule has 0 aliphatic rings. The Labute approximate surface area is 244 Å². The minimum atomic E-state index is -4.85. The average molecular weight is 602 g/mol. The van der Waals surface area contributed by atoms with Crippen LogP contribution in [0.5, 0.6) is 5.75 Å². The number of ether oxygens (including phenoxy) is 1. The maximum Gasteiger partial charge on any atom is 0.573 e. The summed E-state index contributed by atoms with van der Waals surface area (Å²) in [5.74, 6) is -0.693. The molecule has 3 aromatic carbocycles. The number of amides is 2. The van der Waals surface area contributed by atoms with Crippen LogP contribution in [-0.2, 0) is 11.3 Å². The third kappa shape index (κ3) is 7.25. The number of fused-ring (bicyclic) bond motifs is 1. The van der Waals surface area contributed by atoms with Crippen LogP contribution in [0.25, 0.3) is 22.3 Å². The SMILES string of the molecule is CNc1nc(-c2cccc(OC(F)(F)F)c2)nc2cc(NC(=O)c3cc(CNC(=O)C(C)(C)CO)ccc3Cl)ccc12. The fraction of sp³-hybridized carbons (Fsp3) is 0.241. The highest BCUT2D eigenvalue weighted by atomic mass is 35.5. The van der Waals surface area contributed by atoms with Crippen LogP contribution in [0.1, 0.15) is 29.8 Å². The molecule has 0 unspecified atom stereocenters. The third-order valence-corrected chi connectivity index (χ3v) is 6.59. The van der Waals surface area contributed by atoms with Crippen molar-refractivity contribution in [2.75, 3.05) is 24.3 Å². The maximum absolute atomic E-state index is 13.2. The lowest BCUT2D eigenvalue weighted by atomic mass is 9.93. The van der Waals surface area contributed by atoms with E-state index in [9.17, 15) is 27.9 Å². The summed E-state index contributed by atoms with van der Waals surface area (Å²) in [5.41, 5.74) is 0.927. The molecule has 4 aromatic rings. The molecular weight excluding hydrogens is 575 g/mol. The highest BCUT2D eigenvalue weighted by Gasteiger charge is 2.31. The minimum Gasteiger partial charge on any atom is -0.406 e. The maximum atomic E-state index is 13.2. The van der Waals surface area contributed by atoms with E-state index in [0.29, 0.717) is 33.5 Å². The second-order valence-corrected chi connectivity index (χ2v) is 10.4. The van der Waals surface area contributed by atoms with E-state index in [-0.39, 0.29) is 35.5 Å². The van der Waals surface area contributed by atoms with Gasteiger partial charge in [-0.25, -0.2) is 9.97 Å². The molecule has 9 nitrogen and oxygen atoms in total. The zero-order valence-corrected chi connectivity index (χ0v) is 23.5. The summed E-state index contributed by atoms with van der Waals surface area (Å²) in [6, 6.07) is 15.0. The van der Waals surface area contributed by atoms with E-state index in [1.807, 2.05) is 0 Å². The predicted molar refractivity (Wildman–Crippen MR) is 153 cm³/mol. The number of aliphatic hydroxyl groups is 1. The molecule has 0 spiro atoms. The summed E-state index contributed by atoms with van der Waals surface area (Å²) in [6.45, 7) is 3.02. The second kappa shape index (κ2) is 12.2. The molecule has 0 aliphatic carbocycles. The molecule has 0 atom stereocenters. The molecule has 1 aromatic heterocycles. The molecule has 0 aliphatic heterocycles. The quantitative estimate of drug-likeness (QED) is 0.192. The van der Waals surface area contributed by atoms with Crippen LogP contribution in [0.2, 0.25) is 5.02 Å². The van der Waals surface area contributed by atoms with Gasteiger partial charge in [-0.1, -0.05) is 29.8 Å². The summed E-state index contributed by atoms with van der Waals surface area (Å²) >= 11 is 6.30. The van der Waals surface area contributed by atoms with E-state index in [4.69, 9.17) is 11.6 Å². The summed E-state index contributed by atoms with van der Waals surface area (Å²) in [6.07, 6.45) is -4.85. The normalized spacial score (nSPS) is 11.7. The summed E-state index contributed by atoms with van der Waals surface area (Å²) < 4.78 is 42.2. The zero-order chi connectivity index (χ0) is 30.7. The highest BCUT2D eigenvalue weighted by Crippen LogP contribution is 2.30. The minimum absolute atomic E-state index is 0.122. The van der Waals surface area contributed by atoms with Crippen molar-refractivity contribution in [3.8, 4) is 17.1 Å². The molecule has 0 saturated carbocycles. The molecule has 13 heteroatoms. The van der Waals surface area contributed by atoms with Gasteiger partial charge in [-0.05, 0) is 61.9 Å². The van der Waals surface area contributed by atoms with Crippen molar-refractivity contribution in [1.29, 1.82) is 0 Å². The van der Waals surface area contributed by atoms with E-state index in [0.717, 1.165) is 0 Å². The number of benzene rings is 3. The summed E-state index contributed by atoms with van der Waals surface area (Å²) in [5, 5.41) is 18.7. The largest absolute Gasteiger partial charge is 0.573 e. The van der Waals surface area contributed by atoms with Gasteiger partial charge in [-0.2, -0.15) is 0 Å². The standard InChI is InChI=1S/C29H27ClF3N5O4/c1-28(2,15-39)27(41)35-14-16-7-10-22(30)21(11-16)26(40)36-18-8-9-20-23(13-18)37-24(38-25(20)34-3)17-5-4-6-19(12-17)42-29(31,32)33/h4-13,39H,14-15H2,1-3H3,(H,35,41)(H,36,40)(H,34,37,38). The second-order valence-electron chi connectivity index (χ2n) is 9.95. The number of halogens is 4. The molecule has 2 amide bonds. The van der Waals surface area contributed by atoms with E-state index in [1.54, 1.807) is 63.4 Å². The van der Waals surface area contributed by atoms with Crippen LogP contribution >= 0.6 is 11.6 Å².